The topological polar surface area (TPSA) is 46.3 Å². The van der Waals surface area contributed by atoms with Gasteiger partial charge in [0.2, 0.25) is 0 Å². The molecule has 1 unspecified atom stereocenters. The predicted molar refractivity (Wildman–Crippen MR) is 82.9 cm³/mol. The molecule has 1 aromatic carbocycles. The van der Waals surface area contributed by atoms with Crippen molar-refractivity contribution in [1.82, 2.24) is 4.90 Å². The Kier molecular flexibility index (Phi) is 3.78. The van der Waals surface area contributed by atoms with Gasteiger partial charge in [-0.1, -0.05) is 12.1 Å². The lowest BCUT2D eigenvalue weighted by atomic mass is 10.1. The molecule has 0 bridgehead atoms. The van der Waals surface area contributed by atoms with Crippen molar-refractivity contribution in [2.45, 2.75) is 19.4 Å². The third kappa shape index (κ3) is 2.84. The Bertz CT molecular complexity index is 665. The molecule has 0 aliphatic carbocycles. The van der Waals surface area contributed by atoms with Gasteiger partial charge in [-0.05, 0) is 42.7 Å². The van der Waals surface area contributed by atoms with E-state index in [4.69, 9.17) is 5.73 Å². The van der Waals surface area contributed by atoms with Crippen molar-refractivity contribution in [2.75, 3.05) is 13.1 Å². The highest BCUT2D eigenvalue weighted by molar-refractivity contribution is 7.14. The predicted octanol–water partition coefficient (Wildman–Crippen LogP) is 3.04. The first-order valence-corrected chi connectivity index (χ1v) is 7.77. The van der Waals surface area contributed by atoms with Crippen LogP contribution in [0.15, 0.2) is 30.3 Å². The summed E-state index contributed by atoms with van der Waals surface area (Å²) >= 11 is 1.48. The number of hydrogen-bond donors (Lipinski definition) is 1. The van der Waals surface area contributed by atoms with E-state index in [0.29, 0.717) is 6.54 Å². The first-order chi connectivity index (χ1) is 10.0. The van der Waals surface area contributed by atoms with Crippen molar-refractivity contribution in [2.24, 2.45) is 5.73 Å². The van der Waals surface area contributed by atoms with Crippen molar-refractivity contribution < 1.29 is 9.18 Å². The van der Waals surface area contributed by atoms with Crippen LogP contribution in [0.1, 0.15) is 21.0 Å². The lowest BCUT2D eigenvalue weighted by Crippen LogP contribution is -2.31. The Hall–Kier alpha value is -1.72. The number of nitrogens with two attached hydrogens (primary N) is 1. The van der Waals surface area contributed by atoms with Crippen LogP contribution in [-0.4, -0.2) is 29.9 Å². The summed E-state index contributed by atoms with van der Waals surface area (Å²) in [6.07, 6.45) is 0.862. The van der Waals surface area contributed by atoms with Crippen LogP contribution in [0.5, 0.6) is 0 Å². The summed E-state index contributed by atoms with van der Waals surface area (Å²) in [5.74, 6) is -0.210. The largest absolute Gasteiger partial charge is 0.336 e. The van der Waals surface area contributed by atoms with E-state index in [9.17, 15) is 9.18 Å². The van der Waals surface area contributed by atoms with E-state index in [1.54, 1.807) is 12.1 Å². The number of nitrogens with zero attached hydrogens (tertiary/aromatic N) is 1. The Balaban J connectivity index is 1.87. The molecule has 1 aliphatic rings. The molecule has 110 valence electrons. The number of carbonyl (C=O) groups is 1. The maximum Gasteiger partial charge on any atom is 0.264 e. The molecule has 5 heteroatoms. The van der Waals surface area contributed by atoms with Crippen LogP contribution in [0, 0.1) is 12.7 Å². The molecule has 1 saturated heterocycles. The van der Waals surface area contributed by atoms with Crippen LogP contribution in [0.25, 0.3) is 11.1 Å². The molecule has 3 rings (SSSR count). The summed E-state index contributed by atoms with van der Waals surface area (Å²) in [5.41, 5.74) is 7.78. The van der Waals surface area contributed by atoms with Crippen LogP contribution in [0.4, 0.5) is 4.39 Å². The SMILES string of the molecule is Cc1sc(C(=O)N2CCC(N)C2)cc1-c1ccc(F)cc1. The number of hydrogen-bond acceptors (Lipinski definition) is 3. The minimum Gasteiger partial charge on any atom is -0.336 e. The molecule has 1 aromatic heterocycles. The Morgan fingerprint density at radius 2 is 2.10 bits per heavy atom. The fourth-order valence-electron chi connectivity index (χ4n) is 2.63. The standard InChI is InChI=1S/C16H17FN2OS/c1-10-14(11-2-4-12(17)5-3-11)8-15(21-10)16(20)19-7-6-13(18)9-19/h2-5,8,13H,6-7,9,18H2,1H3. The van der Waals surface area contributed by atoms with Gasteiger partial charge in [0, 0.05) is 24.0 Å². The van der Waals surface area contributed by atoms with Crippen LogP contribution >= 0.6 is 11.3 Å². The van der Waals surface area contributed by atoms with Gasteiger partial charge in [0.05, 0.1) is 4.88 Å². The van der Waals surface area contributed by atoms with Crippen LogP contribution in [-0.2, 0) is 0 Å². The molecule has 2 N–H and O–H groups in total. The molecular weight excluding hydrogens is 287 g/mol. The van der Waals surface area contributed by atoms with Crippen molar-refractivity contribution >= 4 is 17.2 Å². The Morgan fingerprint density at radius 3 is 2.71 bits per heavy atom. The van der Waals surface area contributed by atoms with E-state index < -0.39 is 0 Å². The van der Waals surface area contributed by atoms with Gasteiger partial charge in [-0.3, -0.25) is 4.79 Å². The van der Waals surface area contributed by atoms with Gasteiger partial charge in [-0.25, -0.2) is 4.39 Å². The van der Waals surface area contributed by atoms with Crippen LogP contribution in [0.3, 0.4) is 0 Å². The highest BCUT2D eigenvalue weighted by Gasteiger charge is 2.26. The fraction of sp³-hybridized carbons (Fsp3) is 0.312. The average Bonchev–Trinajstić information content (AvgIpc) is 3.05. The van der Waals surface area contributed by atoms with Crippen LogP contribution < -0.4 is 5.73 Å². The highest BCUT2D eigenvalue weighted by atomic mass is 32.1. The molecule has 0 radical (unpaired) electrons. The monoisotopic (exact) mass is 304 g/mol. The molecule has 1 fully saturated rings. The molecule has 21 heavy (non-hydrogen) atoms. The maximum absolute atomic E-state index is 13.0. The second-order valence-electron chi connectivity index (χ2n) is 5.39. The van der Waals surface area contributed by atoms with Crippen molar-refractivity contribution in [3.63, 3.8) is 0 Å². The highest BCUT2D eigenvalue weighted by Crippen LogP contribution is 2.32. The van der Waals surface area contributed by atoms with Gasteiger partial charge >= 0.3 is 0 Å². The lowest BCUT2D eigenvalue weighted by Gasteiger charge is -2.14. The van der Waals surface area contributed by atoms with E-state index in [0.717, 1.165) is 33.8 Å². The molecule has 0 saturated carbocycles. The summed E-state index contributed by atoms with van der Waals surface area (Å²) in [4.78, 5) is 16.1. The molecule has 1 aliphatic heterocycles. The van der Waals surface area contributed by atoms with Gasteiger partial charge in [0.15, 0.2) is 0 Å². The van der Waals surface area contributed by atoms with Gasteiger partial charge in [-0.15, -0.1) is 11.3 Å². The molecule has 0 spiro atoms. The summed E-state index contributed by atoms with van der Waals surface area (Å²) in [7, 11) is 0. The van der Waals surface area contributed by atoms with E-state index in [-0.39, 0.29) is 17.8 Å². The zero-order valence-corrected chi connectivity index (χ0v) is 12.6. The van der Waals surface area contributed by atoms with Crippen LogP contribution in [0.2, 0.25) is 0 Å². The quantitative estimate of drug-likeness (QED) is 0.927. The summed E-state index contributed by atoms with van der Waals surface area (Å²) in [6.45, 7) is 3.33. The second-order valence-corrected chi connectivity index (χ2v) is 6.64. The van der Waals surface area contributed by atoms with Gasteiger partial charge in [0.25, 0.3) is 5.91 Å². The van der Waals surface area contributed by atoms with Gasteiger partial charge < -0.3 is 10.6 Å². The lowest BCUT2D eigenvalue weighted by molar-refractivity contribution is 0.0795. The summed E-state index contributed by atoms with van der Waals surface area (Å²) in [6, 6.07) is 8.35. The van der Waals surface area contributed by atoms with Crippen molar-refractivity contribution in [1.29, 1.82) is 0 Å². The third-order valence-electron chi connectivity index (χ3n) is 3.80. The fourth-order valence-corrected chi connectivity index (χ4v) is 3.64. The molecule has 3 nitrogen and oxygen atoms in total. The maximum atomic E-state index is 13.0. The van der Waals surface area contributed by atoms with E-state index in [1.165, 1.54) is 23.5 Å². The second kappa shape index (κ2) is 5.58. The molecular formula is C16H17FN2OS. The molecule has 2 heterocycles. The summed E-state index contributed by atoms with van der Waals surface area (Å²) < 4.78 is 13.0. The minimum absolute atomic E-state index is 0.0458. The minimum atomic E-state index is -0.256. The van der Waals surface area contributed by atoms with E-state index in [2.05, 4.69) is 0 Å². The number of halogens is 1. The number of thiophene rings is 1. The number of likely N-dealkylation sites (tertiary alicyclic amines) is 1. The zero-order valence-electron chi connectivity index (χ0n) is 11.8. The van der Waals surface area contributed by atoms with Gasteiger partial charge in [-0.2, -0.15) is 0 Å². The van der Waals surface area contributed by atoms with Crippen molar-refractivity contribution in [3.8, 4) is 11.1 Å². The van der Waals surface area contributed by atoms with E-state index >= 15 is 0 Å². The number of carbonyl (C=O) groups excluding carboxylic acids is 1. The molecule has 1 amide bonds. The smallest absolute Gasteiger partial charge is 0.264 e. The van der Waals surface area contributed by atoms with Gasteiger partial charge in [0.1, 0.15) is 5.82 Å². The molecule has 2 aromatic rings. The Labute approximate surface area is 127 Å². The number of aryl methyl sites for hydroxylation is 1. The Morgan fingerprint density at radius 1 is 1.38 bits per heavy atom. The van der Waals surface area contributed by atoms with E-state index in [1.807, 2.05) is 17.9 Å². The zero-order chi connectivity index (χ0) is 15.0. The third-order valence-corrected chi connectivity index (χ3v) is 4.83. The average molecular weight is 304 g/mol. The first kappa shape index (κ1) is 14.2. The molecule has 1 atom stereocenters. The number of rotatable bonds is 2. The number of amides is 1. The first-order valence-electron chi connectivity index (χ1n) is 6.96. The summed E-state index contributed by atoms with van der Waals surface area (Å²) in [5, 5.41) is 0. The number of benzene rings is 1. The normalized spacial score (nSPS) is 18.2. The van der Waals surface area contributed by atoms with Crippen molar-refractivity contribution in [3.05, 3.63) is 45.9 Å².